The minimum atomic E-state index is -0.533. The normalized spacial score (nSPS) is 10.1. The van der Waals surface area contributed by atoms with Gasteiger partial charge in [-0.05, 0) is 11.6 Å². The van der Waals surface area contributed by atoms with E-state index in [1.54, 1.807) is 32.3 Å². The van der Waals surface area contributed by atoms with Crippen molar-refractivity contribution in [2.75, 3.05) is 0 Å². The second-order valence-corrected chi connectivity index (χ2v) is 3.56. The number of Topliss-reactive ketones (excluding diaryl/α,β-unsaturated/α-hetero) is 1. The summed E-state index contributed by atoms with van der Waals surface area (Å²) < 4.78 is 0. The number of pyridine rings is 1. The molecule has 1 amide bonds. The fourth-order valence-electron chi connectivity index (χ4n) is 1.03. The average Bonchev–Trinajstić information content (AvgIpc) is 2.26. The van der Waals surface area contributed by atoms with Crippen LogP contribution in [-0.4, -0.2) is 16.7 Å². The maximum absolute atomic E-state index is 11.3. The first-order valence-electron chi connectivity index (χ1n) is 4.82. The third-order valence-electron chi connectivity index (χ3n) is 1.92. The minimum Gasteiger partial charge on any atom is -0.345 e. The molecule has 4 heteroatoms. The van der Waals surface area contributed by atoms with Crippen LogP contribution in [0.5, 0.6) is 0 Å². The van der Waals surface area contributed by atoms with Crippen LogP contribution in [0.4, 0.5) is 0 Å². The van der Waals surface area contributed by atoms with Crippen molar-refractivity contribution >= 4 is 11.7 Å². The molecule has 0 spiro atoms. The zero-order valence-corrected chi connectivity index (χ0v) is 8.86. The molecule has 0 fully saturated rings. The van der Waals surface area contributed by atoms with Gasteiger partial charge in [0, 0.05) is 24.9 Å². The molecule has 0 saturated heterocycles. The van der Waals surface area contributed by atoms with E-state index in [4.69, 9.17) is 0 Å². The Hall–Kier alpha value is -1.71. The Morgan fingerprint density at radius 1 is 1.47 bits per heavy atom. The lowest BCUT2D eigenvalue weighted by molar-refractivity contribution is -0.139. The molecular formula is C11H14N2O2. The number of hydrogen-bond donors (Lipinski definition) is 1. The van der Waals surface area contributed by atoms with Crippen LogP contribution >= 0.6 is 0 Å². The summed E-state index contributed by atoms with van der Waals surface area (Å²) in [6.07, 6.45) is 3.31. The molecule has 0 aliphatic carbocycles. The Bertz CT molecular complexity index is 347. The van der Waals surface area contributed by atoms with E-state index in [0.29, 0.717) is 6.54 Å². The molecule has 1 aromatic heterocycles. The first-order chi connectivity index (χ1) is 7.11. The quantitative estimate of drug-likeness (QED) is 0.745. The van der Waals surface area contributed by atoms with Crippen molar-refractivity contribution in [2.24, 2.45) is 5.92 Å². The van der Waals surface area contributed by atoms with E-state index in [1.165, 1.54) is 0 Å². The van der Waals surface area contributed by atoms with Crippen molar-refractivity contribution in [1.82, 2.24) is 10.3 Å². The second-order valence-electron chi connectivity index (χ2n) is 3.56. The number of carbonyl (C=O) groups excluding carboxylic acids is 2. The van der Waals surface area contributed by atoms with Gasteiger partial charge in [0.15, 0.2) is 0 Å². The number of ketones is 1. The van der Waals surface area contributed by atoms with Crippen molar-refractivity contribution in [3.8, 4) is 0 Å². The standard InChI is InChI=1S/C11H14N2O2/c1-8(2)10(14)11(15)13-7-9-4-3-5-12-6-9/h3-6,8H,7H2,1-2H3,(H,13,15). The molecule has 0 aliphatic heterocycles. The molecule has 0 aromatic carbocycles. The third-order valence-corrected chi connectivity index (χ3v) is 1.92. The summed E-state index contributed by atoms with van der Waals surface area (Å²) in [5, 5.41) is 2.55. The number of aromatic nitrogens is 1. The van der Waals surface area contributed by atoms with Crippen LogP contribution in [0.1, 0.15) is 19.4 Å². The Labute approximate surface area is 88.7 Å². The van der Waals surface area contributed by atoms with Gasteiger partial charge >= 0.3 is 0 Å². The lowest BCUT2D eigenvalue weighted by Crippen LogP contribution is -2.33. The van der Waals surface area contributed by atoms with E-state index in [-0.39, 0.29) is 11.7 Å². The summed E-state index contributed by atoms with van der Waals surface area (Å²) in [7, 11) is 0. The number of nitrogens with one attached hydrogen (secondary N) is 1. The van der Waals surface area contributed by atoms with Crippen LogP contribution in [0.3, 0.4) is 0 Å². The number of amides is 1. The van der Waals surface area contributed by atoms with Crippen molar-refractivity contribution in [3.05, 3.63) is 30.1 Å². The van der Waals surface area contributed by atoms with E-state index in [1.807, 2.05) is 6.07 Å². The summed E-state index contributed by atoms with van der Waals surface area (Å²) in [4.78, 5) is 26.4. The molecule has 1 N–H and O–H groups in total. The molecule has 1 rings (SSSR count). The van der Waals surface area contributed by atoms with Gasteiger partial charge in [-0.25, -0.2) is 0 Å². The Balaban J connectivity index is 2.45. The van der Waals surface area contributed by atoms with Crippen molar-refractivity contribution in [1.29, 1.82) is 0 Å². The predicted octanol–water partition coefficient (Wildman–Crippen LogP) is 0.923. The lowest BCUT2D eigenvalue weighted by atomic mass is 10.1. The molecule has 0 atom stereocenters. The average molecular weight is 206 g/mol. The first-order valence-corrected chi connectivity index (χ1v) is 4.82. The van der Waals surface area contributed by atoms with Crippen molar-refractivity contribution in [2.45, 2.75) is 20.4 Å². The first kappa shape index (κ1) is 11.4. The molecule has 0 unspecified atom stereocenters. The monoisotopic (exact) mass is 206 g/mol. The molecule has 0 aliphatic rings. The fraction of sp³-hybridized carbons (Fsp3) is 0.364. The predicted molar refractivity (Wildman–Crippen MR) is 55.9 cm³/mol. The van der Waals surface area contributed by atoms with Crippen LogP contribution in [0, 0.1) is 5.92 Å². The van der Waals surface area contributed by atoms with E-state index < -0.39 is 5.91 Å². The van der Waals surface area contributed by atoms with Gasteiger partial charge in [-0.2, -0.15) is 0 Å². The van der Waals surface area contributed by atoms with Gasteiger partial charge in [-0.3, -0.25) is 14.6 Å². The highest BCUT2D eigenvalue weighted by molar-refractivity contribution is 6.36. The molecule has 0 saturated carbocycles. The summed E-state index contributed by atoms with van der Waals surface area (Å²) >= 11 is 0. The lowest BCUT2D eigenvalue weighted by Gasteiger charge is -2.05. The van der Waals surface area contributed by atoms with Gasteiger partial charge in [-0.15, -0.1) is 0 Å². The Kier molecular flexibility index (Phi) is 3.97. The Morgan fingerprint density at radius 3 is 2.73 bits per heavy atom. The molecular weight excluding hydrogens is 192 g/mol. The molecule has 80 valence electrons. The zero-order valence-electron chi connectivity index (χ0n) is 8.86. The van der Waals surface area contributed by atoms with Crippen LogP contribution in [0.15, 0.2) is 24.5 Å². The highest BCUT2D eigenvalue weighted by atomic mass is 16.2. The third kappa shape index (κ3) is 3.50. The molecule has 0 radical (unpaired) electrons. The summed E-state index contributed by atoms with van der Waals surface area (Å²) in [5.74, 6) is -1.19. The zero-order chi connectivity index (χ0) is 11.3. The fourth-order valence-corrected chi connectivity index (χ4v) is 1.03. The summed E-state index contributed by atoms with van der Waals surface area (Å²) in [5.41, 5.74) is 0.877. The summed E-state index contributed by atoms with van der Waals surface area (Å²) in [6, 6.07) is 3.62. The second kappa shape index (κ2) is 5.24. The van der Waals surface area contributed by atoms with Gasteiger partial charge in [0.25, 0.3) is 5.91 Å². The van der Waals surface area contributed by atoms with E-state index >= 15 is 0 Å². The summed E-state index contributed by atoms with van der Waals surface area (Å²) in [6.45, 7) is 3.74. The van der Waals surface area contributed by atoms with E-state index in [2.05, 4.69) is 10.3 Å². The molecule has 1 aromatic rings. The highest BCUT2D eigenvalue weighted by Gasteiger charge is 2.16. The van der Waals surface area contributed by atoms with Crippen LogP contribution in [0.2, 0.25) is 0 Å². The van der Waals surface area contributed by atoms with Crippen molar-refractivity contribution in [3.63, 3.8) is 0 Å². The topological polar surface area (TPSA) is 59.1 Å². The number of hydrogen-bond acceptors (Lipinski definition) is 3. The van der Waals surface area contributed by atoms with Gasteiger partial charge in [0.2, 0.25) is 5.78 Å². The van der Waals surface area contributed by atoms with E-state index in [0.717, 1.165) is 5.56 Å². The molecule has 1 heterocycles. The van der Waals surface area contributed by atoms with Gasteiger partial charge in [0.1, 0.15) is 0 Å². The number of nitrogens with zero attached hydrogens (tertiary/aromatic N) is 1. The maximum Gasteiger partial charge on any atom is 0.287 e. The molecule has 15 heavy (non-hydrogen) atoms. The highest BCUT2D eigenvalue weighted by Crippen LogP contribution is 1.97. The van der Waals surface area contributed by atoms with Crippen LogP contribution < -0.4 is 5.32 Å². The van der Waals surface area contributed by atoms with Crippen molar-refractivity contribution < 1.29 is 9.59 Å². The minimum absolute atomic E-state index is 0.265. The largest absolute Gasteiger partial charge is 0.345 e. The van der Waals surface area contributed by atoms with Gasteiger partial charge < -0.3 is 5.32 Å². The number of carbonyl (C=O) groups is 2. The van der Waals surface area contributed by atoms with Gasteiger partial charge in [0.05, 0.1) is 0 Å². The molecule has 0 bridgehead atoms. The van der Waals surface area contributed by atoms with E-state index in [9.17, 15) is 9.59 Å². The van der Waals surface area contributed by atoms with Gasteiger partial charge in [-0.1, -0.05) is 19.9 Å². The van der Waals surface area contributed by atoms with Crippen LogP contribution in [-0.2, 0) is 16.1 Å². The Morgan fingerprint density at radius 2 is 2.20 bits per heavy atom. The van der Waals surface area contributed by atoms with Crippen LogP contribution in [0.25, 0.3) is 0 Å². The number of rotatable bonds is 4. The smallest absolute Gasteiger partial charge is 0.287 e. The SMILES string of the molecule is CC(C)C(=O)C(=O)NCc1cccnc1. The maximum atomic E-state index is 11.3. The molecule has 4 nitrogen and oxygen atoms in total.